The molecule has 3 N–H and O–H groups in total. The molecule has 0 aliphatic carbocycles. The number of carbonyl (C=O) groups is 1. The molecule has 1 fully saturated rings. The Morgan fingerprint density at radius 1 is 1.26 bits per heavy atom. The summed E-state index contributed by atoms with van der Waals surface area (Å²) in [7, 11) is -3.64. The Morgan fingerprint density at radius 3 is 2.44 bits per heavy atom. The summed E-state index contributed by atoms with van der Waals surface area (Å²) in [4.78, 5) is 14.8. The number of halogens is 1. The lowest BCUT2D eigenvalue weighted by molar-refractivity contribution is 0.0953. The van der Waals surface area contributed by atoms with E-state index in [1.165, 1.54) is 10.4 Å². The molecule has 8 nitrogen and oxygen atoms in total. The second kappa shape index (κ2) is 10.8. The quantitative estimate of drug-likeness (QED) is 0.640. The summed E-state index contributed by atoms with van der Waals surface area (Å²) >= 11 is 0. The highest BCUT2D eigenvalue weighted by Crippen LogP contribution is 2.26. The summed E-state index contributed by atoms with van der Waals surface area (Å²) in [5.41, 5.74) is 6.52. The molecule has 1 aliphatic heterocycles. The molecule has 1 saturated heterocycles. The minimum atomic E-state index is -3.64. The molecule has 0 saturated carbocycles. The SMILES string of the molecule is CCN(CC)S(=O)(=O)c1ccc(N2CCOCC2)c(C(=O)NCCN)c1.Cl. The Hall–Kier alpha value is -1.39. The maximum absolute atomic E-state index is 12.8. The van der Waals surface area contributed by atoms with Crippen LogP contribution in [-0.2, 0) is 14.8 Å². The van der Waals surface area contributed by atoms with Crippen molar-refractivity contribution in [2.75, 3.05) is 57.4 Å². The van der Waals surface area contributed by atoms with Gasteiger partial charge in [-0.2, -0.15) is 4.31 Å². The van der Waals surface area contributed by atoms with E-state index in [9.17, 15) is 13.2 Å². The van der Waals surface area contributed by atoms with Crippen molar-refractivity contribution in [2.45, 2.75) is 18.7 Å². The molecule has 0 aromatic heterocycles. The normalized spacial score (nSPS) is 14.7. The average molecular weight is 421 g/mol. The van der Waals surface area contributed by atoms with Gasteiger partial charge in [0, 0.05) is 45.0 Å². The van der Waals surface area contributed by atoms with Gasteiger partial charge in [0.1, 0.15) is 0 Å². The number of carbonyl (C=O) groups excluding carboxylic acids is 1. The number of sulfonamides is 1. The second-order valence-corrected chi connectivity index (χ2v) is 7.85. The van der Waals surface area contributed by atoms with Gasteiger partial charge in [0.15, 0.2) is 0 Å². The largest absolute Gasteiger partial charge is 0.378 e. The fourth-order valence-electron chi connectivity index (χ4n) is 2.93. The first-order valence-electron chi connectivity index (χ1n) is 8.90. The molecule has 154 valence electrons. The molecule has 1 aromatic rings. The van der Waals surface area contributed by atoms with Crippen molar-refractivity contribution in [3.8, 4) is 0 Å². The van der Waals surface area contributed by atoms with Gasteiger partial charge in [-0.3, -0.25) is 4.79 Å². The molecule has 1 aromatic carbocycles. The Morgan fingerprint density at radius 2 is 1.89 bits per heavy atom. The summed E-state index contributed by atoms with van der Waals surface area (Å²) in [5.74, 6) is -0.325. The monoisotopic (exact) mass is 420 g/mol. The number of rotatable bonds is 8. The van der Waals surface area contributed by atoms with Crippen LogP contribution in [0.25, 0.3) is 0 Å². The number of anilines is 1. The highest BCUT2D eigenvalue weighted by molar-refractivity contribution is 7.89. The molecule has 0 spiro atoms. The van der Waals surface area contributed by atoms with Crippen molar-refractivity contribution in [3.63, 3.8) is 0 Å². The Kier molecular flexibility index (Phi) is 9.48. The minimum absolute atomic E-state index is 0. The van der Waals surface area contributed by atoms with Crippen molar-refractivity contribution in [1.82, 2.24) is 9.62 Å². The molecule has 10 heteroatoms. The number of ether oxygens (including phenoxy) is 1. The summed E-state index contributed by atoms with van der Waals surface area (Å²) in [5, 5.41) is 2.73. The van der Waals surface area contributed by atoms with Crippen molar-refractivity contribution < 1.29 is 17.9 Å². The lowest BCUT2D eigenvalue weighted by Gasteiger charge is -2.30. The van der Waals surface area contributed by atoms with Gasteiger partial charge in [0.05, 0.1) is 23.7 Å². The van der Waals surface area contributed by atoms with Gasteiger partial charge in [-0.05, 0) is 18.2 Å². The lowest BCUT2D eigenvalue weighted by atomic mass is 10.1. The van der Waals surface area contributed by atoms with Crippen LogP contribution in [0.1, 0.15) is 24.2 Å². The van der Waals surface area contributed by atoms with Crippen molar-refractivity contribution in [1.29, 1.82) is 0 Å². The van der Waals surface area contributed by atoms with Gasteiger partial charge >= 0.3 is 0 Å². The maximum atomic E-state index is 12.8. The first-order chi connectivity index (χ1) is 12.5. The molecule has 1 amide bonds. The van der Waals surface area contributed by atoms with Crippen LogP contribution in [0.3, 0.4) is 0 Å². The summed E-state index contributed by atoms with van der Waals surface area (Å²) < 4.78 is 32.4. The van der Waals surface area contributed by atoms with E-state index in [1.54, 1.807) is 26.0 Å². The molecule has 0 atom stereocenters. The van der Waals surface area contributed by atoms with Crippen LogP contribution < -0.4 is 16.0 Å². The lowest BCUT2D eigenvalue weighted by Crippen LogP contribution is -2.38. The van der Waals surface area contributed by atoms with Gasteiger partial charge in [0.2, 0.25) is 10.0 Å². The maximum Gasteiger partial charge on any atom is 0.253 e. The second-order valence-electron chi connectivity index (χ2n) is 5.91. The van der Waals surface area contributed by atoms with E-state index in [2.05, 4.69) is 5.32 Å². The first-order valence-corrected chi connectivity index (χ1v) is 10.3. The first kappa shape index (κ1) is 23.6. The zero-order chi connectivity index (χ0) is 19.2. The number of benzene rings is 1. The standard InChI is InChI=1S/C17H28N4O4S.ClH/c1-3-21(4-2)26(23,24)14-5-6-16(20-9-11-25-12-10-20)15(13-14)17(22)19-8-7-18;/h5-6,13H,3-4,7-12,18H2,1-2H3,(H,19,22);1H. The van der Waals surface area contributed by atoms with Crippen LogP contribution in [0.15, 0.2) is 23.1 Å². The van der Waals surface area contributed by atoms with E-state index in [4.69, 9.17) is 10.5 Å². The third-order valence-corrected chi connectivity index (χ3v) is 6.38. The number of nitrogens with zero attached hydrogens (tertiary/aromatic N) is 2. The molecule has 1 aliphatic rings. The Bertz CT molecular complexity index is 720. The van der Waals surface area contributed by atoms with Gasteiger partial charge in [-0.25, -0.2) is 8.42 Å². The molecule has 0 unspecified atom stereocenters. The van der Waals surface area contributed by atoms with Gasteiger partial charge < -0.3 is 20.7 Å². The number of hydrogen-bond donors (Lipinski definition) is 2. The van der Waals surface area contributed by atoms with Crippen LogP contribution in [0.2, 0.25) is 0 Å². The average Bonchev–Trinajstić information content (AvgIpc) is 2.67. The third-order valence-electron chi connectivity index (χ3n) is 4.34. The number of hydrogen-bond acceptors (Lipinski definition) is 6. The molecule has 1 heterocycles. The third kappa shape index (κ3) is 5.55. The van der Waals surface area contributed by atoms with Crippen LogP contribution in [0.4, 0.5) is 5.69 Å². The van der Waals surface area contributed by atoms with Gasteiger partial charge in [0.25, 0.3) is 5.91 Å². The van der Waals surface area contributed by atoms with E-state index in [1.807, 2.05) is 4.90 Å². The minimum Gasteiger partial charge on any atom is -0.378 e. The predicted octanol–water partition coefficient (Wildman–Crippen LogP) is 0.664. The number of nitrogens with one attached hydrogen (secondary N) is 1. The van der Waals surface area contributed by atoms with Crippen molar-refractivity contribution in [2.24, 2.45) is 5.73 Å². The zero-order valence-corrected chi connectivity index (χ0v) is 17.4. The topological polar surface area (TPSA) is 105 Å². The van der Waals surface area contributed by atoms with Gasteiger partial charge in [-0.1, -0.05) is 13.8 Å². The fraction of sp³-hybridized carbons (Fsp3) is 0.588. The summed E-state index contributed by atoms with van der Waals surface area (Å²) in [6, 6.07) is 4.74. The highest BCUT2D eigenvalue weighted by Gasteiger charge is 2.26. The Balaban J connectivity index is 0.00000364. The highest BCUT2D eigenvalue weighted by atomic mass is 35.5. The van der Waals surface area contributed by atoms with Crippen LogP contribution in [0.5, 0.6) is 0 Å². The van der Waals surface area contributed by atoms with E-state index in [0.717, 1.165) is 0 Å². The van der Waals surface area contributed by atoms with Crippen molar-refractivity contribution >= 4 is 34.0 Å². The fourth-order valence-corrected chi connectivity index (χ4v) is 4.42. The number of amides is 1. The number of morpholine rings is 1. The van der Waals surface area contributed by atoms with E-state index < -0.39 is 10.0 Å². The smallest absolute Gasteiger partial charge is 0.253 e. The molecule has 0 bridgehead atoms. The van der Waals surface area contributed by atoms with E-state index in [0.29, 0.717) is 63.7 Å². The molecular weight excluding hydrogens is 392 g/mol. The Labute approximate surface area is 167 Å². The van der Waals surface area contributed by atoms with Crippen LogP contribution >= 0.6 is 12.4 Å². The van der Waals surface area contributed by atoms with E-state index >= 15 is 0 Å². The number of nitrogens with two attached hydrogens (primary N) is 1. The summed E-state index contributed by atoms with van der Waals surface area (Å²) in [6.45, 7) is 7.42. The van der Waals surface area contributed by atoms with Crippen LogP contribution in [0, 0.1) is 0 Å². The van der Waals surface area contributed by atoms with Gasteiger partial charge in [-0.15, -0.1) is 12.4 Å². The molecule has 0 radical (unpaired) electrons. The molecule has 27 heavy (non-hydrogen) atoms. The van der Waals surface area contributed by atoms with E-state index in [-0.39, 0.29) is 23.2 Å². The van der Waals surface area contributed by atoms with Crippen LogP contribution in [-0.4, -0.2) is 71.1 Å². The molecule has 2 rings (SSSR count). The summed E-state index contributed by atoms with van der Waals surface area (Å²) in [6.07, 6.45) is 0. The molecular formula is C17H29ClN4O4S. The zero-order valence-electron chi connectivity index (χ0n) is 15.8. The predicted molar refractivity (Wildman–Crippen MR) is 108 cm³/mol. The van der Waals surface area contributed by atoms with Crippen molar-refractivity contribution in [3.05, 3.63) is 23.8 Å².